The van der Waals surface area contributed by atoms with Gasteiger partial charge in [0.2, 0.25) is 0 Å². The Morgan fingerprint density at radius 3 is 3.00 bits per heavy atom. The second-order valence-electron chi connectivity index (χ2n) is 3.69. The second kappa shape index (κ2) is 5.72. The van der Waals surface area contributed by atoms with Gasteiger partial charge >= 0.3 is 0 Å². The van der Waals surface area contributed by atoms with Crippen molar-refractivity contribution in [3.8, 4) is 0 Å². The minimum atomic E-state index is 0.379. The zero-order valence-corrected chi connectivity index (χ0v) is 10.1. The fraction of sp³-hybridized carbons (Fsp3) is 0.333. The molecule has 1 unspecified atom stereocenters. The molecular formula is C12H15N3S. The number of rotatable bonds is 5. The van der Waals surface area contributed by atoms with Crippen LogP contribution in [0.5, 0.6) is 0 Å². The minimum Gasteiger partial charge on any atom is -0.309 e. The maximum absolute atomic E-state index is 4.10. The molecule has 1 atom stereocenters. The van der Waals surface area contributed by atoms with Crippen LogP contribution in [0.3, 0.4) is 0 Å². The van der Waals surface area contributed by atoms with Gasteiger partial charge in [-0.3, -0.25) is 9.97 Å². The highest BCUT2D eigenvalue weighted by Crippen LogP contribution is 2.15. The quantitative estimate of drug-likeness (QED) is 0.862. The largest absolute Gasteiger partial charge is 0.309 e. The third-order valence-electron chi connectivity index (χ3n) is 2.47. The molecule has 3 nitrogen and oxygen atoms in total. The average Bonchev–Trinajstić information content (AvgIpc) is 2.84. The summed E-state index contributed by atoms with van der Waals surface area (Å²) in [5.74, 6) is 0. The molecule has 16 heavy (non-hydrogen) atoms. The predicted molar refractivity (Wildman–Crippen MR) is 66.5 cm³/mol. The van der Waals surface area contributed by atoms with E-state index in [2.05, 4.69) is 28.3 Å². The van der Waals surface area contributed by atoms with Crippen LogP contribution in [0.4, 0.5) is 0 Å². The molecule has 2 aromatic rings. The Labute approximate surface area is 99.6 Å². The molecule has 0 saturated heterocycles. The van der Waals surface area contributed by atoms with E-state index < -0.39 is 0 Å². The van der Waals surface area contributed by atoms with Crippen LogP contribution in [-0.4, -0.2) is 16.5 Å². The molecule has 4 heteroatoms. The number of nitrogens with zero attached hydrogens (tertiary/aromatic N) is 2. The Kier molecular flexibility index (Phi) is 4.02. The van der Waals surface area contributed by atoms with Gasteiger partial charge in [-0.1, -0.05) is 6.07 Å². The summed E-state index contributed by atoms with van der Waals surface area (Å²) in [5, 5.41) is 3.48. The molecule has 0 bridgehead atoms. The van der Waals surface area contributed by atoms with E-state index in [1.54, 1.807) is 17.5 Å². The maximum atomic E-state index is 4.10. The van der Waals surface area contributed by atoms with E-state index in [1.165, 1.54) is 10.4 Å². The first-order chi connectivity index (χ1) is 7.86. The summed E-state index contributed by atoms with van der Waals surface area (Å²) < 4.78 is 0. The summed E-state index contributed by atoms with van der Waals surface area (Å²) in [6.45, 7) is 3.13. The molecule has 0 aliphatic carbocycles. The van der Waals surface area contributed by atoms with Crippen molar-refractivity contribution in [1.29, 1.82) is 0 Å². The van der Waals surface area contributed by atoms with Crippen molar-refractivity contribution in [2.24, 2.45) is 0 Å². The van der Waals surface area contributed by atoms with Crippen LogP contribution >= 0.6 is 11.3 Å². The number of pyridine rings is 1. The third-order valence-corrected chi connectivity index (χ3v) is 3.42. The van der Waals surface area contributed by atoms with Crippen molar-refractivity contribution in [3.05, 3.63) is 46.7 Å². The molecule has 2 aromatic heterocycles. The van der Waals surface area contributed by atoms with Crippen LogP contribution in [0.15, 0.2) is 36.2 Å². The highest BCUT2D eigenvalue weighted by molar-refractivity contribution is 7.09. The Morgan fingerprint density at radius 1 is 1.38 bits per heavy atom. The van der Waals surface area contributed by atoms with E-state index in [4.69, 9.17) is 0 Å². The van der Waals surface area contributed by atoms with Crippen LogP contribution in [0, 0.1) is 0 Å². The lowest BCUT2D eigenvalue weighted by Crippen LogP contribution is -2.20. The summed E-state index contributed by atoms with van der Waals surface area (Å²) in [4.78, 5) is 9.46. The molecule has 2 rings (SSSR count). The Morgan fingerprint density at radius 2 is 2.31 bits per heavy atom. The normalized spacial score (nSPS) is 12.6. The first kappa shape index (κ1) is 11.2. The van der Waals surface area contributed by atoms with Gasteiger partial charge in [-0.2, -0.15) is 0 Å². The zero-order chi connectivity index (χ0) is 11.2. The summed E-state index contributed by atoms with van der Waals surface area (Å²) >= 11 is 1.69. The average molecular weight is 233 g/mol. The van der Waals surface area contributed by atoms with E-state index in [9.17, 15) is 0 Å². The second-order valence-corrected chi connectivity index (χ2v) is 4.61. The number of nitrogens with one attached hydrogen (secondary N) is 1. The maximum Gasteiger partial charge on any atom is 0.0794 e. The van der Waals surface area contributed by atoms with Crippen molar-refractivity contribution in [2.75, 3.05) is 6.54 Å². The third kappa shape index (κ3) is 3.12. The van der Waals surface area contributed by atoms with Crippen molar-refractivity contribution in [1.82, 2.24) is 15.3 Å². The molecule has 2 heterocycles. The van der Waals surface area contributed by atoms with Gasteiger partial charge in [0.15, 0.2) is 0 Å². The summed E-state index contributed by atoms with van der Waals surface area (Å²) in [5.41, 5.74) is 3.14. The number of thiazole rings is 1. The lowest BCUT2D eigenvalue weighted by atomic mass is 10.2. The minimum absolute atomic E-state index is 0.379. The molecule has 0 fully saturated rings. The molecule has 1 N–H and O–H groups in total. The number of aromatic nitrogens is 2. The molecule has 0 saturated carbocycles. The fourth-order valence-corrected chi connectivity index (χ4v) is 2.17. The lowest BCUT2D eigenvalue weighted by molar-refractivity contribution is 0.583. The molecule has 0 radical (unpaired) electrons. The van der Waals surface area contributed by atoms with E-state index in [0.29, 0.717) is 6.04 Å². The molecule has 84 valence electrons. The summed E-state index contributed by atoms with van der Waals surface area (Å²) in [6, 6.07) is 4.46. The summed E-state index contributed by atoms with van der Waals surface area (Å²) in [7, 11) is 0. The standard InChI is InChI=1S/C12H15N3S/c1-10(12-8-14-9-16-12)15-6-4-11-3-2-5-13-7-11/h2-3,5,7-10,15H,4,6H2,1H3. The van der Waals surface area contributed by atoms with Crippen LogP contribution < -0.4 is 5.32 Å². The van der Waals surface area contributed by atoms with Crippen molar-refractivity contribution >= 4 is 11.3 Å². The van der Waals surface area contributed by atoms with Gasteiger partial charge in [0.05, 0.1) is 5.51 Å². The first-order valence-corrected chi connectivity index (χ1v) is 6.25. The van der Waals surface area contributed by atoms with Crippen molar-refractivity contribution in [3.63, 3.8) is 0 Å². The van der Waals surface area contributed by atoms with Crippen molar-refractivity contribution < 1.29 is 0 Å². The van der Waals surface area contributed by atoms with Gasteiger partial charge in [-0.25, -0.2) is 0 Å². The van der Waals surface area contributed by atoms with E-state index in [-0.39, 0.29) is 0 Å². The molecular weight excluding hydrogens is 218 g/mol. The summed E-state index contributed by atoms with van der Waals surface area (Å²) in [6.07, 6.45) is 6.65. The Hall–Kier alpha value is -1.26. The molecule has 0 amide bonds. The first-order valence-electron chi connectivity index (χ1n) is 5.37. The Balaban J connectivity index is 1.76. The van der Waals surface area contributed by atoms with Crippen LogP contribution in [0.25, 0.3) is 0 Å². The highest BCUT2D eigenvalue weighted by atomic mass is 32.1. The predicted octanol–water partition coefficient (Wildman–Crippen LogP) is 2.43. The van der Waals surface area contributed by atoms with Gasteiger partial charge in [0.1, 0.15) is 0 Å². The molecule has 0 spiro atoms. The van der Waals surface area contributed by atoms with Crippen LogP contribution in [-0.2, 0) is 6.42 Å². The van der Waals surface area contributed by atoms with Crippen LogP contribution in [0.1, 0.15) is 23.4 Å². The van der Waals surface area contributed by atoms with Crippen LogP contribution in [0.2, 0.25) is 0 Å². The molecule has 0 aliphatic heterocycles. The SMILES string of the molecule is CC(NCCc1cccnc1)c1cncs1. The van der Waals surface area contributed by atoms with Gasteiger partial charge in [0.25, 0.3) is 0 Å². The monoisotopic (exact) mass is 233 g/mol. The smallest absolute Gasteiger partial charge is 0.0794 e. The van der Waals surface area contributed by atoms with E-state index in [0.717, 1.165) is 13.0 Å². The molecule has 0 aromatic carbocycles. The van der Waals surface area contributed by atoms with Gasteiger partial charge in [0, 0.05) is 29.5 Å². The molecule has 0 aliphatic rings. The zero-order valence-electron chi connectivity index (χ0n) is 9.26. The topological polar surface area (TPSA) is 37.8 Å². The van der Waals surface area contributed by atoms with Crippen molar-refractivity contribution in [2.45, 2.75) is 19.4 Å². The Bertz CT molecular complexity index is 399. The fourth-order valence-electron chi connectivity index (χ4n) is 1.52. The van der Waals surface area contributed by atoms with Gasteiger partial charge in [-0.15, -0.1) is 11.3 Å². The van der Waals surface area contributed by atoms with Gasteiger partial charge < -0.3 is 5.32 Å². The lowest BCUT2D eigenvalue weighted by Gasteiger charge is -2.11. The van der Waals surface area contributed by atoms with Gasteiger partial charge in [-0.05, 0) is 31.5 Å². The highest BCUT2D eigenvalue weighted by Gasteiger charge is 2.05. The number of hydrogen-bond donors (Lipinski definition) is 1. The van der Waals surface area contributed by atoms with E-state index in [1.807, 2.05) is 24.0 Å². The number of hydrogen-bond acceptors (Lipinski definition) is 4. The van der Waals surface area contributed by atoms with E-state index >= 15 is 0 Å².